The highest BCUT2D eigenvalue weighted by atomic mass is 16.1. The molecule has 2 unspecified atom stereocenters. The van der Waals surface area contributed by atoms with Crippen molar-refractivity contribution in [2.75, 3.05) is 18.0 Å². The van der Waals surface area contributed by atoms with Crippen molar-refractivity contribution in [1.82, 2.24) is 0 Å². The quantitative estimate of drug-likeness (QED) is 0.798. The highest BCUT2D eigenvalue weighted by molar-refractivity contribution is 5.77. The number of carbonyl (C=O) groups is 1. The molecule has 0 spiro atoms. The summed E-state index contributed by atoms with van der Waals surface area (Å²) in [4.78, 5) is 13.3. The van der Waals surface area contributed by atoms with Crippen LogP contribution >= 0.6 is 0 Å². The van der Waals surface area contributed by atoms with Gasteiger partial charge in [0.15, 0.2) is 0 Å². The molecule has 1 heterocycles. The van der Waals surface area contributed by atoms with E-state index in [1.165, 1.54) is 11.3 Å². The maximum Gasteiger partial charge on any atom is 0.222 e. The van der Waals surface area contributed by atoms with Crippen LogP contribution in [0.2, 0.25) is 0 Å². The Morgan fingerprint density at radius 1 is 1.53 bits per heavy atom. The Kier molecular flexibility index (Phi) is 3.33. The van der Waals surface area contributed by atoms with E-state index in [-0.39, 0.29) is 17.9 Å². The number of nitrogens with zero attached hydrogens (tertiary/aromatic N) is 1. The molecule has 0 fully saturated rings. The van der Waals surface area contributed by atoms with Gasteiger partial charge < -0.3 is 16.4 Å². The molecule has 0 aliphatic carbocycles. The van der Waals surface area contributed by atoms with Crippen molar-refractivity contribution in [2.45, 2.75) is 19.4 Å². The molecule has 1 aliphatic rings. The fraction of sp³-hybridized carbons (Fsp3) is 0.462. The summed E-state index contributed by atoms with van der Waals surface area (Å²) in [6, 6.07) is 8.33. The Bertz CT molecular complexity index is 419. The first kappa shape index (κ1) is 11.9. The van der Waals surface area contributed by atoms with Gasteiger partial charge >= 0.3 is 0 Å². The van der Waals surface area contributed by atoms with Gasteiger partial charge in [-0.2, -0.15) is 0 Å². The van der Waals surface area contributed by atoms with Crippen molar-refractivity contribution >= 4 is 11.6 Å². The van der Waals surface area contributed by atoms with Crippen molar-refractivity contribution in [3.8, 4) is 0 Å². The Morgan fingerprint density at radius 3 is 2.94 bits per heavy atom. The summed E-state index contributed by atoms with van der Waals surface area (Å²) in [5, 5.41) is 0. The average Bonchev–Trinajstić information content (AvgIpc) is 2.28. The molecule has 0 saturated carbocycles. The summed E-state index contributed by atoms with van der Waals surface area (Å²) in [5.74, 6) is -0.421. The van der Waals surface area contributed by atoms with Crippen LogP contribution in [-0.2, 0) is 11.2 Å². The lowest BCUT2D eigenvalue weighted by molar-refractivity contribution is -0.121. The fourth-order valence-electron chi connectivity index (χ4n) is 2.31. The number of benzene rings is 1. The smallest absolute Gasteiger partial charge is 0.222 e. The number of para-hydroxylation sites is 1. The zero-order valence-corrected chi connectivity index (χ0v) is 10.1. The average molecular weight is 233 g/mol. The lowest BCUT2D eigenvalue weighted by Crippen LogP contribution is -2.46. The van der Waals surface area contributed by atoms with Crippen molar-refractivity contribution in [3.05, 3.63) is 29.8 Å². The van der Waals surface area contributed by atoms with Crippen LogP contribution in [0.5, 0.6) is 0 Å². The predicted molar refractivity (Wildman–Crippen MR) is 68.7 cm³/mol. The third-order valence-corrected chi connectivity index (χ3v) is 3.25. The molecule has 1 aliphatic heterocycles. The third-order valence-electron chi connectivity index (χ3n) is 3.25. The number of primary amides is 1. The van der Waals surface area contributed by atoms with Gasteiger partial charge in [-0.05, 0) is 18.1 Å². The molecule has 0 saturated heterocycles. The molecule has 0 aromatic heterocycles. The summed E-state index contributed by atoms with van der Waals surface area (Å²) in [6.07, 6.45) is 0.900. The first-order valence-electron chi connectivity index (χ1n) is 5.95. The molecule has 2 rings (SSSR count). The molecule has 92 valence electrons. The van der Waals surface area contributed by atoms with Crippen LogP contribution in [0.15, 0.2) is 24.3 Å². The molecule has 0 radical (unpaired) electrons. The van der Waals surface area contributed by atoms with Gasteiger partial charge in [-0.15, -0.1) is 0 Å². The molecule has 17 heavy (non-hydrogen) atoms. The number of amides is 1. The lowest BCUT2D eigenvalue weighted by Gasteiger charge is -2.35. The van der Waals surface area contributed by atoms with Crippen molar-refractivity contribution in [1.29, 1.82) is 0 Å². The van der Waals surface area contributed by atoms with Gasteiger partial charge in [0, 0.05) is 24.8 Å². The SMILES string of the molecule is CC(CN1CC(N)Cc2ccccc21)C(N)=O. The van der Waals surface area contributed by atoms with Crippen LogP contribution in [0.25, 0.3) is 0 Å². The number of nitrogens with two attached hydrogens (primary N) is 2. The lowest BCUT2D eigenvalue weighted by atomic mass is 9.97. The number of anilines is 1. The largest absolute Gasteiger partial charge is 0.369 e. The predicted octanol–water partition coefficient (Wildman–Crippen LogP) is 0.498. The molecule has 2 atom stereocenters. The van der Waals surface area contributed by atoms with Crippen LogP contribution in [0.1, 0.15) is 12.5 Å². The van der Waals surface area contributed by atoms with E-state index in [2.05, 4.69) is 17.0 Å². The fourth-order valence-corrected chi connectivity index (χ4v) is 2.31. The first-order valence-corrected chi connectivity index (χ1v) is 5.95. The van der Waals surface area contributed by atoms with E-state index in [9.17, 15) is 4.79 Å². The van der Waals surface area contributed by atoms with E-state index in [0.29, 0.717) is 6.54 Å². The minimum atomic E-state index is -0.262. The minimum Gasteiger partial charge on any atom is -0.369 e. The monoisotopic (exact) mass is 233 g/mol. The van der Waals surface area contributed by atoms with Crippen LogP contribution in [0.4, 0.5) is 5.69 Å². The van der Waals surface area contributed by atoms with Gasteiger partial charge in [-0.3, -0.25) is 4.79 Å². The highest BCUT2D eigenvalue weighted by Crippen LogP contribution is 2.26. The normalized spacial score (nSPS) is 20.8. The molecule has 1 amide bonds. The summed E-state index contributed by atoms with van der Waals surface area (Å²) in [5.41, 5.74) is 13.8. The van der Waals surface area contributed by atoms with Crippen LogP contribution in [0.3, 0.4) is 0 Å². The van der Waals surface area contributed by atoms with Gasteiger partial charge in [-0.1, -0.05) is 25.1 Å². The second-order valence-corrected chi connectivity index (χ2v) is 4.80. The molecule has 1 aromatic carbocycles. The molecule has 4 N–H and O–H groups in total. The van der Waals surface area contributed by atoms with Crippen molar-refractivity contribution < 1.29 is 4.79 Å². The van der Waals surface area contributed by atoms with Gasteiger partial charge in [0.25, 0.3) is 0 Å². The van der Waals surface area contributed by atoms with Gasteiger partial charge in [0.1, 0.15) is 0 Å². The Morgan fingerprint density at radius 2 is 2.24 bits per heavy atom. The number of fused-ring (bicyclic) bond motifs is 1. The second kappa shape index (κ2) is 4.75. The maximum atomic E-state index is 11.1. The minimum absolute atomic E-state index is 0.130. The number of hydrogen-bond donors (Lipinski definition) is 2. The summed E-state index contributed by atoms with van der Waals surface area (Å²) >= 11 is 0. The first-order chi connectivity index (χ1) is 8.08. The zero-order chi connectivity index (χ0) is 12.4. The second-order valence-electron chi connectivity index (χ2n) is 4.80. The molecule has 0 bridgehead atoms. The number of rotatable bonds is 3. The van der Waals surface area contributed by atoms with Gasteiger partial charge in [0.2, 0.25) is 5.91 Å². The summed E-state index contributed by atoms with van der Waals surface area (Å²) < 4.78 is 0. The van der Waals surface area contributed by atoms with E-state index in [4.69, 9.17) is 11.5 Å². The molecule has 1 aromatic rings. The highest BCUT2D eigenvalue weighted by Gasteiger charge is 2.24. The van der Waals surface area contributed by atoms with E-state index < -0.39 is 0 Å². The molecule has 4 heteroatoms. The Hall–Kier alpha value is -1.55. The summed E-state index contributed by atoms with van der Waals surface area (Å²) in [7, 11) is 0. The topological polar surface area (TPSA) is 72.3 Å². The van der Waals surface area contributed by atoms with Crippen molar-refractivity contribution in [2.24, 2.45) is 17.4 Å². The number of carbonyl (C=O) groups excluding carboxylic acids is 1. The van der Waals surface area contributed by atoms with Crippen molar-refractivity contribution in [3.63, 3.8) is 0 Å². The zero-order valence-electron chi connectivity index (χ0n) is 10.1. The van der Waals surface area contributed by atoms with E-state index >= 15 is 0 Å². The number of hydrogen-bond acceptors (Lipinski definition) is 3. The van der Waals surface area contributed by atoms with Gasteiger partial charge in [0.05, 0.1) is 5.92 Å². The Labute approximate surface area is 102 Å². The van der Waals surface area contributed by atoms with Gasteiger partial charge in [-0.25, -0.2) is 0 Å². The van der Waals surface area contributed by atoms with E-state index in [1.54, 1.807) is 0 Å². The Balaban J connectivity index is 2.21. The molecular formula is C13H19N3O. The third kappa shape index (κ3) is 2.58. The maximum absolute atomic E-state index is 11.1. The van der Waals surface area contributed by atoms with Crippen LogP contribution in [0, 0.1) is 5.92 Å². The standard InChI is InChI=1S/C13H19N3O/c1-9(13(15)17)7-16-8-11(14)6-10-4-2-3-5-12(10)16/h2-5,9,11H,6-8,14H2,1H3,(H2,15,17). The van der Waals surface area contributed by atoms with Crippen LogP contribution in [-0.4, -0.2) is 25.0 Å². The molecule has 4 nitrogen and oxygen atoms in total. The molecular weight excluding hydrogens is 214 g/mol. The summed E-state index contributed by atoms with van der Waals surface area (Å²) in [6.45, 7) is 3.28. The van der Waals surface area contributed by atoms with E-state index in [1.807, 2.05) is 19.1 Å². The van der Waals surface area contributed by atoms with Crippen LogP contribution < -0.4 is 16.4 Å². The van der Waals surface area contributed by atoms with E-state index in [0.717, 1.165) is 13.0 Å².